The van der Waals surface area contributed by atoms with Crippen LogP contribution < -0.4 is 0 Å². The minimum Gasteiger partial charge on any atom is -0.207 e. The molecule has 1 unspecified atom stereocenters. The molecule has 0 N–H and O–H groups in total. The molecule has 0 nitrogen and oxygen atoms in total. The highest BCUT2D eigenvalue weighted by Crippen LogP contribution is 2.21. The summed E-state index contributed by atoms with van der Waals surface area (Å²) in [5.41, 5.74) is 2.13. The van der Waals surface area contributed by atoms with Crippen LogP contribution in [0.5, 0.6) is 0 Å². The molecule has 0 bridgehead atoms. The smallest absolute Gasteiger partial charge is 0.126 e. The fraction of sp³-hybridized carbons (Fsp3) is 0.625. The molecule has 0 aliphatic rings. The van der Waals surface area contributed by atoms with Crippen LogP contribution in [0.15, 0.2) is 18.2 Å². The zero-order valence-corrected chi connectivity index (χ0v) is 11.6. The first-order valence-electron chi connectivity index (χ1n) is 6.82. The highest BCUT2D eigenvalue weighted by atomic mass is 19.1. The Bertz CT molecular complexity index is 341. The van der Waals surface area contributed by atoms with Crippen molar-refractivity contribution < 1.29 is 4.39 Å². The molecule has 0 saturated carbocycles. The number of benzene rings is 1. The fourth-order valence-corrected chi connectivity index (χ4v) is 2.05. The molecular formula is C16H25F. The van der Waals surface area contributed by atoms with Crippen LogP contribution in [-0.2, 0) is 6.42 Å². The van der Waals surface area contributed by atoms with Crippen molar-refractivity contribution in [1.29, 1.82) is 0 Å². The Morgan fingerprint density at radius 1 is 1.18 bits per heavy atom. The topological polar surface area (TPSA) is 0 Å². The van der Waals surface area contributed by atoms with Gasteiger partial charge in [-0.15, -0.1) is 0 Å². The van der Waals surface area contributed by atoms with E-state index in [0.29, 0.717) is 0 Å². The minimum atomic E-state index is -0.0642. The molecule has 0 aliphatic heterocycles. The summed E-state index contributed by atoms with van der Waals surface area (Å²) in [7, 11) is 0. The van der Waals surface area contributed by atoms with Gasteiger partial charge in [0.25, 0.3) is 0 Å². The first kappa shape index (κ1) is 14.2. The van der Waals surface area contributed by atoms with Gasteiger partial charge in [0, 0.05) is 0 Å². The second-order valence-corrected chi connectivity index (χ2v) is 5.42. The quantitative estimate of drug-likeness (QED) is 0.627. The molecule has 0 fully saturated rings. The molecule has 1 atom stereocenters. The summed E-state index contributed by atoms with van der Waals surface area (Å²) in [5.74, 6) is 1.01. The number of halogens is 1. The van der Waals surface area contributed by atoms with Crippen LogP contribution in [0.1, 0.15) is 64.0 Å². The van der Waals surface area contributed by atoms with Crippen molar-refractivity contribution in [2.45, 2.75) is 59.3 Å². The van der Waals surface area contributed by atoms with Crippen molar-refractivity contribution in [1.82, 2.24) is 0 Å². The molecule has 0 aliphatic carbocycles. The van der Waals surface area contributed by atoms with Crippen molar-refractivity contribution in [2.24, 2.45) is 5.92 Å². The Morgan fingerprint density at radius 3 is 2.47 bits per heavy atom. The lowest BCUT2D eigenvalue weighted by atomic mass is 9.96. The molecule has 1 aromatic carbocycles. The summed E-state index contributed by atoms with van der Waals surface area (Å²) in [6, 6.07) is 5.59. The summed E-state index contributed by atoms with van der Waals surface area (Å²) < 4.78 is 13.5. The SMILES string of the molecule is CCC(C)CCCc1ccc(F)c(C(C)C)c1. The van der Waals surface area contributed by atoms with Gasteiger partial charge in [0.1, 0.15) is 5.82 Å². The van der Waals surface area contributed by atoms with E-state index in [9.17, 15) is 4.39 Å². The van der Waals surface area contributed by atoms with Gasteiger partial charge in [0.15, 0.2) is 0 Å². The molecule has 0 saturated heterocycles. The molecule has 0 radical (unpaired) electrons. The van der Waals surface area contributed by atoms with Crippen LogP contribution >= 0.6 is 0 Å². The van der Waals surface area contributed by atoms with Crippen LogP contribution in [0.4, 0.5) is 4.39 Å². The summed E-state index contributed by atoms with van der Waals surface area (Å²) in [5, 5.41) is 0. The van der Waals surface area contributed by atoms with Crippen molar-refractivity contribution in [3.8, 4) is 0 Å². The van der Waals surface area contributed by atoms with Gasteiger partial charge in [-0.05, 0) is 41.9 Å². The average Bonchev–Trinajstić information content (AvgIpc) is 2.30. The number of hydrogen-bond acceptors (Lipinski definition) is 0. The largest absolute Gasteiger partial charge is 0.207 e. The molecule has 1 rings (SSSR count). The van der Waals surface area contributed by atoms with Crippen LogP contribution in [-0.4, -0.2) is 0 Å². The third kappa shape index (κ3) is 4.49. The van der Waals surface area contributed by atoms with Crippen LogP contribution in [0.2, 0.25) is 0 Å². The lowest BCUT2D eigenvalue weighted by Gasteiger charge is -2.11. The van der Waals surface area contributed by atoms with E-state index >= 15 is 0 Å². The predicted octanol–water partition coefficient (Wildman–Crippen LogP) is 5.32. The van der Waals surface area contributed by atoms with Crippen LogP contribution in [0.3, 0.4) is 0 Å². The maximum absolute atomic E-state index is 13.5. The first-order valence-corrected chi connectivity index (χ1v) is 6.82. The summed E-state index contributed by atoms with van der Waals surface area (Å²) in [4.78, 5) is 0. The number of aryl methyl sites for hydroxylation is 1. The second kappa shape index (κ2) is 6.78. The van der Waals surface area contributed by atoms with E-state index in [1.165, 1.54) is 24.8 Å². The average molecular weight is 236 g/mol. The van der Waals surface area contributed by atoms with Gasteiger partial charge in [-0.3, -0.25) is 0 Å². The minimum absolute atomic E-state index is 0.0642. The molecule has 17 heavy (non-hydrogen) atoms. The maximum Gasteiger partial charge on any atom is 0.126 e. The molecule has 0 heterocycles. The Balaban J connectivity index is 2.57. The molecule has 1 heteroatoms. The van der Waals surface area contributed by atoms with Gasteiger partial charge in [0.2, 0.25) is 0 Å². The van der Waals surface area contributed by atoms with E-state index in [1.54, 1.807) is 6.07 Å². The summed E-state index contributed by atoms with van der Waals surface area (Å²) >= 11 is 0. The third-order valence-electron chi connectivity index (χ3n) is 3.54. The number of rotatable bonds is 6. The van der Waals surface area contributed by atoms with Gasteiger partial charge >= 0.3 is 0 Å². The monoisotopic (exact) mass is 236 g/mol. The second-order valence-electron chi connectivity index (χ2n) is 5.42. The van der Waals surface area contributed by atoms with Gasteiger partial charge in [-0.25, -0.2) is 4.39 Å². The van der Waals surface area contributed by atoms with Crippen molar-refractivity contribution in [3.05, 3.63) is 35.1 Å². The summed E-state index contributed by atoms with van der Waals surface area (Å²) in [6.45, 7) is 8.62. The zero-order chi connectivity index (χ0) is 12.8. The fourth-order valence-electron chi connectivity index (χ4n) is 2.05. The van der Waals surface area contributed by atoms with Crippen molar-refractivity contribution >= 4 is 0 Å². The Kier molecular flexibility index (Phi) is 5.67. The molecular weight excluding hydrogens is 211 g/mol. The molecule has 96 valence electrons. The standard InChI is InChI=1S/C16H25F/c1-5-13(4)7-6-8-14-9-10-16(17)15(11-14)12(2)3/h9-13H,5-8H2,1-4H3. The van der Waals surface area contributed by atoms with E-state index in [-0.39, 0.29) is 11.7 Å². The molecule has 0 amide bonds. The lowest BCUT2D eigenvalue weighted by Crippen LogP contribution is -1.97. The van der Waals surface area contributed by atoms with E-state index in [0.717, 1.165) is 17.9 Å². The molecule has 1 aromatic rings. The Hall–Kier alpha value is -0.850. The van der Waals surface area contributed by atoms with Crippen molar-refractivity contribution in [3.63, 3.8) is 0 Å². The lowest BCUT2D eigenvalue weighted by molar-refractivity contribution is 0.495. The van der Waals surface area contributed by atoms with Gasteiger partial charge < -0.3 is 0 Å². The van der Waals surface area contributed by atoms with E-state index in [4.69, 9.17) is 0 Å². The van der Waals surface area contributed by atoms with E-state index < -0.39 is 0 Å². The van der Waals surface area contributed by atoms with Crippen molar-refractivity contribution in [2.75, 3.05) is 0 Å². The summed E-state index contributed by atoms with van der Waals surface area (Å²) in [6.07, 6.45) is 4.80. The third-order valence-corrected chi connectivity index (χ3v) is 3.54. The maximum atomic E-state index is 13.5. The van der Waals surface area contributed by atoms with Gasteiger partial charge in [0.05, 0.1) is 0 Å². The highest BCUT2D eigenvalue weighted by molar-refractivity contribution is 5.27. The molecule has 0 spiro atoms. The van der Waals surface area contributed by atoms with E-state index in [2.05, 4.69) is 13.8 Å². The van der Waals surface area contributed by atoms with E-state index in [1.807, 2.05) is 26.0 Å². The first-order chi connectivity index (χ1) is 8.04. The number of hydrogen-bond donors (Lipinski definition) is 0. The normalized spacial score (nSPS) is 13.1. The Labute approximate surface area is 105 Å². The Morgan fingerprint density at radius 2 is 1.88 bits per heavy atom. The molecule has 0 aromatic heterocycles. The predicted molar refractivity (Wildman–Crippen MR) is 72.9 cm³/mol. The van der Waals surface area contributed by atoms with Gasteiger partial charge in [-0.2, -0.15) is 0 Å². The highest BCUT2D eigenvalue weighted by Gasteiger charge is 2.07. The van der Waals surface area contributed by atoms with Crippen LogP contribution in [0.25, 0.3) is 0 Å². The zero-order valence-electron chi connectivity index (χ0n) is 11.6. The van der Waals surface area contributed by atoms with Crippen LogP contribution in [0, 0.1) is 11.7 Å². The van der Waals surface area contributed by atoms with Gasteiger partial charge in [-0.1, -0.05) is 52.7 Å².